The maximum atomic E-state index is 12.2. The fraction of sp³-hybridized carbons (Fsp3) is 0.476. The van der Waals surface area contributed by atoms with Crippen molar-refractivity contribution < 1.29 is 14.2 Å². The van der Waals surface area contributed by atoms with Crippen molar-refractivity contribution in [3.05, 3.63) is 51.9 Å². The van der Waals surface area contributed by atoms with Crippen LogP contribution < -0.4 is 19.8 Å². The Morgan fingerprint density at radius 2 is 1.74 bits per heavy atom. The van der Waals surface area contributed by atoms with Gasteiger partial charge in [-0.15, -0.1) is 0 Å². The number of methoxy groups -OCH3 is 3. The first-order chi connectivity index (χ1) is 13.1. The number of nitrogens with zero attached hydrogens (tertiary/aromatic N) is 2. The number of ether oxygens (including phenoxy) is 3. The molecule has 2 aliphatic rings. The predicted molar refractivity (Wildman–Crippen MR) is 103 cm³/mol. The molecular weight excluding hydrogens is 344 g/mol. The summed E-state index contributed by atoms with van der Waals surface area (Å²) in [5.74, 6) is 2.90. The molecule has 27 heavy (non-hydrogen) atoms. The van der Waals surface area contributed by atoms with Crippen molar-refractivity contribution in [2.45, 2.75) is 25.4 Å². The predicted octanol–water partition coefficient (Wildman–Crippen LogP) is 2.49. The van der Waals surface area contributed by atoms with E-state index in [1.807, 2.05) is 22.8 Å². The molecule has 1 aromatic carbocycles. The van der Waals surface area contributed by atoms with Crippen LogP contribution >= 0.6 is 0 Å². The minimum atomic E-state index is 0.125. The van der Waals surface area contributed by atoms with Gasteiger partial charge in [0.2, 0.25) is 5.75 Å². The van der Waals surface area contributed by atoms with Crippen molar-refractivity contribution in [3.8, 4) is 17.2 Å². The minimum absolute atomic E-state index is 0.125. The number of likely N-dealkylation sites (tertiary alicyclic amines) is 1. The monoisotopic (exact) mass is 370 g/mol. The lowest BCUT2D eigenvalue weighted by Gasteiger charge is -2.42. The summed E-state index contributed by atoms with van der Waals surface area (Å²) in [4.78, 5) is 14.7. The molecule has 6 heteroatoms. The Morgan fingerprint density at radius 1 is 1.00 bits per heavy atom. The highest BCUT2D eigenvalue weighted by Crippen LogP contribution is 2.40. The van der Waals surface area contributed by atoms with Crippen LogP contribution in [-0.4, -0.2) is 43.9 Å². The molecule has 1 saturated heterocycles. The lowest BCUT2D eigenvalue weighted by atomic mass is 9.83. The van der Waals surface area contributed by atoms with Gasteiger partial charge in [-0.1, -0.05) is 6.07 Å². The van der Waals surface area contributed by atoms with Gasteiger partial charge in [0.1, 0.15) is 0 Å². The molecule has 144 valence electrons. The average Bonchev–Trinajstić information content (AvgIpc) is 2.68. The topological polar surface area (TPSA) is 52.9 Å². The number of fused-ring (bicyclic) bond motifs is 4. The fourth-order valence-electron chi connectivity index (χ4n) is 4.61. The molecule has 0 radical (unpaired) electrons. The zero-order valence-corrected chi connectivity index (χ0v) is 16.1. The van der Waals surface area contributed by atoms with Crippen molar-refractivity contribution in [3.63, 3.8) is 0 Å². The quantitative estimate of drug-likeness (QED) is 0.809. The van der Waals surface area contributed by atoms with E-state index < -0.39 is 0 Å². The van der Waals surface area contributed by atoms with Gasteiger partial charge in [0.05, 0.1) is 21.3 Å². The molecule has 4 rings (SSSR count). The second kappa shape index (κ2) is 7.27. The normalized spacial score (nSPS) is 21.4. The average molecular weight is 370 g/mol. The van der Waals surface area contributed by atoms with Crippen molar-refractivity contribution >= 4 is 0 Å². The SMILES string of the molecule is COc1cc(CN2C[C@@H]3C[C@H](C2)c2cccc(=O)n2C3)cc(OC)c1OC. The van der Waals surface area contributed by atoms with Crippen molar-refractivity contribution in [1.29, 1.82) is 0 Å². The maximum absolute atomic E-state index is 12.2. The van der Waals surface area contributed by atoms with Crippen molar-refractivity contribution in [2.24, 2.45) is 5.92 Å². The Morgan fingerprint density at radius 3 is 2.41 bits per heavy atom. The molecule has 0 unspecified atom stereocenters. The van der Waals surface area contributed by atoms with Gasteiger partial charge in [-0.2, -0.15) is 0 Å². The third-order valence-corrected chi connectivity index (χ3v) is 5.69. The Hall–Kier alpha value is -2.47. The van der Waals surface area contributed by atoms with Crippen molar-refractivity contribution in [1.82, 2.24) is 9.47 Å². The van der Waals surface area contributed by atoms with E-state index in [0.29, 0.717) is 29.1 Å². The number of aromatic nitrogens is 1. The van der Waals surface area contributed by atoms with E-state index in [1.165, 1.54) is 5.69 Å². The van der Waals surface area contributed by atoms with Crippen LogP contribution in [0.2, 0.25) is 0 Å². The highest BCUT2D eigenvalue weighted by Gasteiger charge is 2.34. The van der Waals surface area contributed by atoms with Crippen LogP contribution in [0.1, 0.15) is 23.6 Å². The lowest BCUT2D eigenvalue weighted by molar-refractivity contribution is 0.114. The van der Waals surface area contributed by atoms with Gasteiger partial charge in [-0.05, 0) is 36.1 Å². The Kier molecular flexibility index (Phi) is 4.83. The van der Waals surface area contributed by atoms with Crippen LogP contribution in [0.15, 0.2) is 35.1 Å². The molecule has 2 aliphatic heterocycles. The summed E-state index contributed by atoms with van der Waals surface area (Å²) in [5, 5.41) is 0. The number of piperidine rings is 1. The second-order valence-electron chi connectivity index (χ2n) is 7.43. The van der Waals surface area contributed by atoms with E-state index in [-0.39, 0.29) is 5.56 Å². The van der Waals surface area contributed by atoms with E-state index in [0.717, 1.165) is 38.2 Å². The second-order valence-corrected chi connectivity index (χ2v) is 7.43. The number of hydrogen-bond donors (Lipinski definition) is 0. The fourth-order valence-corrected chi connectivity index (χ4v) is 4.61. The zero-order valence-electron chi connectivity index (χ0n) is 16.1. The lowest BCUT2D eigenvalue weighted by Crippen LogP contribution is -2.46. The molecule has 0 aliphatic carbocycles. The van der Waals surface area contributed by atoms with Crippen LogP contribution in [0.3, 0.4) is 0 Å². The highest BCUT2D eigenvalue weighted by molar-refractivity contribution is 5.53. The summed E-state index contributed by atoms with van der Waals surface area (Å²) in [6.45, 7) is 3.59. The number of benzene rings is 1. The van der Waals surface area contributed by atoms with Crippen LogP contribution in [-0.2, 0) is 13.1 Å². The van der Waals surface area contributed by atoms with Gasteiger partial charge in [-0.3, -0.25) is 9.69 Å². The smallest absolute Gasteiger partial charge is 0.250 e. The van der Waals surface area contributed by atoms with E-state index in [4.69, 9.17) is 14.2 Å². The first kappa shape index (κ1) is 17.9. The zero-order chi connectivity index (χ0) is 19.0. The van der Waals surface area contributed by atoms with E-state index in [2.05, 4.69) is 11.0 Å². The summed E-state index contributed by atoms with van der Waals surface area (Å²) in [6, 6.07) is 9.68. The minimum Gasteiger partial charge on any atom is -0.493 e. The molecule has 6 nitrogen and oxygen atoms in total. The summed E-state index contributed by atoms with van der Waals surface area (Å²) < 4.78 is 18.3. The molecule has 1 aromatic heterocycles. The molecule has 2 aromatic rings. The third-order valence-electron chi connectivity index (χ3n) is 5.69. The number of hydrogen-bond acceptors (Lipinski definition) is 5. The van der Waals surface area contributed by atoms with Crippen molar-refractivity contribution in [2.75, 3.05) is 34.4 Å². The maximum Gasteiger partial charge on any atom is 0.250 e. The molecule has 0 saturated carbocycles. The molecule has 0 N–H and O–H groups in total. The largest absolute Gasteiger partial charge is 0.493 e. The number of pyridine rings is 1. The van der Waals surface area contributed by atoms with Crippen LogP contribution in [0.4, 0.5) is 0 Å². The van der Waals surface area contributed by atoms with Crippen LogP contribution in [0.5, 0.6) is 17.2 Å². The standard InChI is InChI=1S/C21H26N2O4/c1-25-18-8-14(9-19(26-2)21(18)27-3)10-22-11-15-7-16(13-22)17-5-4-6-20(24)23(17)12-15/h4-6,8-9,15-16H,7,10-13H2,1-3H3/t15-,16+/m0/s1. The molecular formula is C21H26N2O4. The van der Waals surface area contributed by atoms with Gasteiger partial charge >= 0.3 is 0 Å². The highest BCUT2D eigenvalue weighted by atomic mass is 16.5. The first-order valence-corrected chi connectivity index (χ1v) is 9.34. The van der Waals surface area contributed by atoms with E-state index >= 15 is 0 Å². The summed E-state index contributed by atoms with van der Waals surface area (Å²) in [7, 11) is 4.90. The van der Waals surface area contributed by atoms with Crippen LogP contribution in [0, 0.1) is 5.92 Å². The van der Waals surface area contributed by atoms with Gasteiger partial charge in [0, 0.05) is 43.9 Å². The Bertz CT molecular complexity index is 867. The van der Waals surface area contributed by atoms with E-state index in [9.17, 15) is 4.79 Å². The summed E-state index contributed by atoms with van der Waals surface area (Å²) in [6.07, 6.45) is 1.16. The van der Waals surface area contributed by atoms with Gasteiger partial charge in [-0.25, -0.2) is 0 Å². The van der Waals surface area contributed by atoms with Crippen LogP contribution in [0.25, 0.3) is 0 Å². The molecule has 0 spiro atoms. The number of rotatable bonds is 5. The molecule has 2 atom stereocenters. The first-order valence-electron chi connectivity index (χ1n) is 9.34. The molecule has 3 heterocycles. The summed E-state index contributed by atoms with van der Waals surface area (Å²) in [5.41, 5.74) is 2.43. The third kappa shape index (κ3) is 3.30. The van der Waals surface area contributed by atoms with E-state index in [1.54, 1.807) is 27.4 Å². The molecule has 0 amide bonds. The molecule has 1 fully saturated rings. The Balaban J connectivity index is 1.58. The molecule has 2 bridgehead atoms. The van der Waals surface area contributed by atoms with Gasteiger partial charge < -0.3 is 18.8 Å². The summed E-state index contributed by atoms with van der Waals surface area (Å²) >= 11 is 0. The Labute approximate surface area is 159 Å². The van der Waals surface area contributed by atoms with Gasteiger partial charge in [0.15, 0.2) is 11.5 Å². The van der Waals surface area contributed by atoms with Gasteiger partial charge in [0.25, 0.3) is 5.56 Å².